The van der Waals surface area contributed by atoms with E-state index in [0.717, 1.165) is 24.4 Å². The van der Waals surface area contributed by atoms with E-state index in [-0.39, 0.29) is 0 Å². The van der Waals surface area contributed by atoms with Gasteiger partial charge >= 0.3 is 0 Å². The molecule has 1 rings (SSSR count). The zero-order chi connectivity index (χ0) is 11.1. The smallest absolute Gasteiger partial charge is 0.148 e. The number of nitrogens with one attached hydrogen (secondary N) is 1. The lowest BCUT2D eigenvalue weighted by Crippen LogP contribution is -2.13. The van der Waals surface area contributed by atoms with Crippen molar-refractivity contribution in [3.8, 4) is 18.1 Å². The van der Waals surface area contributed by atoms with Crippen LogP contribution in [0.4, 0.5) is 0 Å². The molecule has 1 aromatic rings. The molecule has 1 aromatic carbocycles. The molecule has 0 unspecified atom stereocenters. The van der Waals surface area contributed by atoms with Crippen molar-refractivity contribution in [3.05, 3.63) is 29.3 Å². The van der Waals surface area contributed by atoms with E-state index in [0.29, 0.717) is 6.61 Å². The van der Waals surface area contributed by atoms with Crippen LogP contribution in [0.2, 0.25) is 0 Å². The van der Waals surface area contributed by atoms with Crippen molar-refractivity contribution in [1.82, 2.24) is 5.32 Å². The highest BCUT2D eigenvalue weighted by Gasteiger charge is 2.02. The predicted molar refractivity (Wildman–Crippen MR) is 62.9 cm³/mol. The molecule has 0 spiro atoms. The summed E-state index contributed by atoms with van der Waals surface area (Å²) in [5, 5.41) is 3.28. The zero-order valence-electron chi connectivity index (χ0n) is 9.34. The average Bonchev–Trinajstić information content (AvgIpc) is 2.25. The summed E-state index contributed by atoms with van der Waals surface area (Å²) >= 11 is 0. The van der Waals surface area contributed by atoms with Crippen LogP contribution in [-0.2, 0) is 6.54 Å². The molecule has 0 saturated carbocycles. The van der Waals surface area contributed by atoms with Crippen LogP contribution in [0, 0.1) is 19.3 Å². The van der Waals surface area contributed by atoms with Gasteiger partial charge in [0.05, 0.1) is 0 Å². The van der Waals surface area contributed by atoms with Gasteiger partial charge in [-0.1, -0.05) is 30.5 Å². The lowest BCUT2D eigenvalue weighted by Gasteiger charge is -2.10. The van der Waals surface area contributed by atoms with Crippen LogP contribution in [0.15, 0.2) is 18.2 Å². The van der Waals surface area contributed by atoms with Crippen LogP contribution in [0.3, 0.4) is 0 Å². The van der Waals surface area contributed by atoms with Crippen LogP contribution in [0.1, 0.15) is 18.1 Å². The van der Waals surface area contributed by atoms with Crippen molar-refractivity contribution < 1.29 is 4.74 Å². The van der Waals surface area contributed by atoms with Crippen molar-refractivity contribution in [2.75, 3.05) is 13.2 Å². The first kappa shape index (κ1) is 11.6. The molecule has 0 aliphatic carbocycles. The monoisotopic (exact) mass is 203 g/mol. The van der Waals surface area contributed by atoms with Gasteiger partial charge < -0.3 is 10.1 Å². The molecule has 0 heterocycles. The first-order valence-corrected chi connectivity index (χ1v) is 5.14. The minimum absolute atomic E-state index is 0.322. The van der Waals surface area contributed by atoms with Crippen molar-refractivity contribution in [2.24, 2.45) is 0 Å². The second-order valence-corrected chi connectivity index (χ2v) is 3.38. The summed E-state index contributed by atoms with van der Waals surface area (Å²) in [4.78, 5) is 0. The summed E-state index contributed by atoms with van der Waals surface area (Å²) in [6, 6.07) is 6.12. The summed E-state index contributed by atoms with van der Waals surface area (Å²) in [6.07, 6.45) is 5.17. The standard InChI is InChI=1S/C13H17NO/c1-4-8-15-13-7-6-11(3)9-12(13)10-14-5-2/h1,6-7,9,14H,5,8,10H2,2-3H3. The number of aryl methyl sites for hydroxylation is 1. The van der Waals surface area contributed by atoms with Gasteiger partial charge in [0.2, 0.25) is 0 Å². The Balaban J connectivity index is 2.78. The molecule has 0 fully saturated rings. The number of terminal acetylenes is 1. The van der Waals surface area contributed by atoms with E-state index in [1.165, 1.54) is 5.56 Å². The number of hydrogen-bond acceptors (Lipinski definition) is 2. The molecule has 0 saturated heterocycles. The molecule has 2 nitrogen and oxygen atoms in total. The topological polar surface area (TPSA) is 21.3 Å². The maximum Gasteiger partial charge on any atom is 0.148 e. The first-order valence-electron chi connectivity index (χ1n) is 5.14. The summed E-state index contributed by atoms with van der Waals surface area (Å²) in [7, 11) is 0. The van der Waals surface area contributed by atoms with Gasteiger partial charge in [-0.3, -0.25) is 0 Å². The number of ether oxygens (including phenoxy) is 1. The maximum absolute atomic E-state index is 5.46. The Kier molecular flexibility index (Phi) is 4.73. The average molecular weight is 203 g/mol. The summed E-state index contributed by atoms with van der Waals surface area (Å²) in [5.41, 5.74) is 2.39. The van der Waals surface area contributed by atoms with Crippen molar-refractivity contribution in [3.63, 3.8) is 0 Å². The van der Waals surface area contributed by atoms with Gasteiger partial charge in [0.1, 0.15) is 12.4 Å². The molecule has 0 aliphatic rings. The molecule has 1 N–H and O–H groups in total. The lowest BCUT2D eigenvalue weighted by atomic mass is 10.1. The minimum Gasteiger partial charge on any atom is -0.481 e. The molecule has 0 atom stereocenters. The summed E-state index contributed by atoms with van der Waals surface area (Å²) in [5.74, 6) is 3.35. The fourth-order valence-corrected chi connectivity index (χ4v) is 1.37. The number of hydrogen-bond donors (Lipinski definition) is 1. The summed E-state index contributed by atoms with van der Waals surface area (Å²) in [6.45, 7) is 6.24. The number of rotatable bonds is 5. The molecular formula is C13H17NO. The lowest BCUT2D eigenvalue weighted by molar-refractivity contribution is 0.365. The Morgan fingerprint density at radius 3 is 2.93 bits per heavy atom. The highest BCUT2D eigenvalue weighted by atomic mass is 16.5. The van der Waals surface area contributed by atoms with Gasteiger partial charge in [-0.15, -0.1) is 6.42 Å². The molecular weight excluding hydrogens is 186 g/mol. The Morgan fingerprint density at radius 2 is 2.27 bits per heavy atom. The van der Waals surface area contributed by atoms with Crippen LogP contribution < -0.4 is 10.1 Å². The van der Waals surface area contributed by atoms with Crippen molar-refractivity contribution in [1.29, 1.82) is 0 Å². The Labute approximate surface area is 91.6 Å². The summed E-state index contributed by atoms with van der Waals surface area (Å²) < 4.78 is 5.46. The van der Waals surface area contributed by atoms with Gasteiger partial charge in [-0.25, -0.2) is 0 Å². The van der Waals surface area contributed by atoms with E-state index in [2.05, 4.69) is 31.2 Å². The van der Waals surface area contributed by atoms with Crippen molar-refractivity contribution >= 4 is 0 Å². The van der Waals surface area contributed by atoms with E-state index >= 15 is 0 Å². The highest BCUT2D eigenvalue weighted by Crippen LogP contribution is 2.19. The quantitative estimate of drug-likeness (QED) is 0.740. The molecule has 15 heavy (non-hydrogen) atoms. The van der Waals surface area contributed by atoms with Gasteiger partial charge in [0.25, 0.3) is 0 Å². The van der Waals surface area contributed by atoms with Gasteiger partial charge in [-0.05, 0) is 19.5 Å². The van der Waals surface area contributed by atoms with Crippen LogP contribution in [-0.4, -0.2) is 13.2 Å². The maximum atomic E-state index is 5.46. The second-order valence-electron chi connectivity index (χ2n) is 3.38. The highest BCUT2D eigenvalue weighted by molar-refractivity contribution is 5.37. The third-order valence-corrected chi connectivity index (χ3v) is 2.09. The minimum atomic E-state index is 0.322. The van der Waals surface area contributed by atoms with Crippen molar-refractivity contribution in [2.45, 2.75) is 20.4 Å². The third kappa shape index (κ3) is 3.65. The first-order chi connectivity index (χ1) is 7.27. The Bertz CT molecular complexity index is 352. The fourth-order valence-electron chi connectivity index (χ4n) is 1.37. The van der Waals surface area contributed by atoms with Gasteiger partial charge in [-0.2, -0.15) is 0 Å². The molecule has 0 amide bonds. The van der Waals surface area contributed by atoms with E-state index in [4.69, 9.17) is 11.2 Å². The molecule has 0 aliphatic heterocycles. The number of benzene rings is 1. The Morgan fingerprint density at radius 1 is 1.47 bits per heavy atom. The fraction of sp³-hybridized carbons (Fsp3) is 0.385. The van der Waals surface area contributed by atoms with E-state index < -0.39 is 0 Å². The molecule has 0 bridgehead atoms. The Hall–Kier alpha value is -1.46. The van der Waals surface area contributed by atoms with Gasteiger partial charge in [0, 0.05) is 12.1 Å². The normalized spacial score (nSPS) is 9.67. The van der Waals surface area contributed by atoms with Gasteiger partial charge in [0.15, 0.2) is 0 Å². The third-order valence-electron chi connectivity index (χ3n) is 2.09. The second kappa shape index (κ2) is 6.10. The largest absolute Gasteiger partial charge is 0.481 e. The predicted octanol–water partition coefficient (Wildman–Crippen LogP) is 2.12. The van der Waals surface area contributed by atoms with Crippen LogP contribution in [0.25, 0.3) is 0 Å². The molecule has 0 radical (unpaired) electrons. The van der Waals surface area contributed by atoms with Crippen LogP contribution in [0.5, 0.6) is 5.75 Å². The zero-order valence-corrected chi connectivity index (χ0v) is 9.34. The molecule has 2 heteroatoms. The SMILES string of the molecule is C#CCOc1ccc(C)cc1CNCC. The van der Waals surface area contributed by atoms with E-state index in [1.54, 1.807) is 0 Å². The molecule has 80 valence electrons. The van der Waals surface area contributed by atoms with Crippen LogP contribution >= 0.6 is 0 Å². The molecule has 0 aromatic heterocycles. The van der Waals surface area contributed by atoms with E-state index in [1.807, 2.05) is 12.1 Å². The van der Waals surface area contributed by atoms with E-state index in [9.17, 15) is 0 Å².